The van der Waals surface area contributed by atoms with Gasteiger partial charge in [-0.15, -0.1) is 0 Å². The summed E-state index contributed by atoms with van der Waals surface area (Å²) in [7, 11) is 1.32. The van der Waals surface area contributed by atoms with Crippen LogP contribution in [0, 0.1) is 23.7 Å². The molecule has 1 aromatic heterocycles. The molecule has 0 bridgehead atoms. The Labute approximate surface area is 304 Å². The van der Waals surface area contributed by atoms with E-state index >= 15 is 4.79 Å². The fourth-order valence-corrected chi connectivity index (χ4v) is 9.00. The van der Waals surface area contributed by atoms with Crippen molar-refractivity contribution < 1.29 is 42.2 Å². The molecule has 2 saturated heterocycles. The normalized spacial score (nSPS) is 27.3. The van der Waals surface area contributed by atoms with Gasteiger partial charge in [0, 0.05) is 23.7 Å². The highest BCUT2D eigenvalue weighted by Crippen LogP contribution is 2.64. The predicted molar refractivity (Wildman–Crippen MR) is 179 cm³/mol. The average Bonchev–Trinajstić information content (AvgIpc) is 3.46. The third-order valence-electron chi connectivity index (χ3n) is 10.6. The van der Waals surface area contributed by atoms with Crippen molar-refractivity contribution >= 4 is 64.2 Å². The Kier molecular flexibility index (Phi) is 8.54. The first-order chi connectivity index (χ1) is 24.1. The maximum Gasteiger partial charge on any atom is 0.417 e. The number of carbonyl (C=O) groups excluding carboxylic acids is 4. The van der Waals surface area contributed by atoms with Crippen LogP contribution >= 0.6 is 34.8 Å². The van der Waals surface area contributed by atoms with Gasteiger partial charge in [0.15, 0.2) is 17.3 Å². The van der Waals surface area contributed by atoms with Crippen molar-refractivity contribution in [1.29, 1.82) is 0 Å². The van der Waals surface area contributed by atoms with Crippen molar-refractivity contribution in [3.05, 3.63) is 92.1 Å². The number of anilines is 1. The van der Waals surface area contributed by atoms with Gasteiger partial charge >= 0.3 is 6.18 Å². The maximum atomic E-state index is 15.2. The minimum absolute atomic E-state index is 0.0199. The molecule has 3 fully saturated rings. The van der Waals surface area contributed by atoms with E-state index in [1.165, 1.54) is 24.1 Å². The van der Waals surface area contributed by atoms with Crippen LogP contribution < -0.4 is 10.2 Å². The second kappa shape index (κ2) is 12.4. The van der Waals surface area contributed by atoms with Gasteiger partial charge in [0.2, 0.25) is 11.8 Å². The zero-order valence-corrected chi connectivity index (χ0v) is 29.1. The van der Waals surface area contributed by atoms with Gasteiger partial charge in [-0.05, 0) is 67.1 Å². The predicted octanol–water partition coefficient (Wildman–Crippen LogP) is 6.78. The number of alkyl halides is 3. The Bertz CT molecular complexity index is 2040. The Hall–Kier alpha value is -4.33. The van der Waals surface area contributed by atoms with Gasteiger partial charge in [0.05, 0.1) is 45.9 Å². The minimum atomic E-state index is -4.75. The van der Waals surface area contributed by atoms with Crippen molar-refractivity contribution in [1.82, 2.24) is 14.9 Å². The lowest BCUT2D eigenvalue weighted by molar-refractivity contribution is -0.141. The Morgan fingerprint density at radius 1 is 1.00 bits per heavy atom. The number of fused-ring (bicyclic) bond motifs is 4. The van der Waals surface area contributed by atoms with E-state index in [9.17, 15) is 32.7 Å². The lowest BCUT2D eigenvalue weighted by atomic mass is 9.49. The first-order valence-electron chi connectivity index (χ1n) is 15.9. The number of phenolic OH excluding ortho intramolecular Hbond substituents is 1. The number of rotatable bonds is 6. The lowest BCUT2D eigenvalue weighted by Gasteiger charge is -2.50. The summed E-state index contributed by atoms with van der Waals surface area (Å²) in [6.45, 7) is 1.86. The number of aromatic nitrogens is 1. The number of aromatic hydroxyl groups is 1. The van der Waals surface area contributed by atoms with Crippen molar-refractivity contribution in [2.24, 2.45) is 23.7 Å². The number of likely N-dealkylation sites (tertiary alicyclic amines) is 1. The van der Waals surface area contributed by atoms with Crippen LogP contribution in [0.3, 0.4) is 0 Å². The molecule has 6 atom stereocenters. The molecule has 10 nitrogen and oxygen atoms in total. The number of carbonyl (C=O) groups is 4. The summed E-state index contributed by atoms with van der Waals surface area (Å²) in [5.74, 6) is -7.44. The number of hydrogen-bond acceptors (Lipinski definition) is 8. The summed E-state index contributed by atoms with van der Waals surface area (Å²) < 4.78 is 45.7. The molecule has 3 heterocycles. The van der Waals surface area contributed by atoms with Gasteiger partial charge in [0.25, 0.3) is 11.8 Å². The first kappa shape index (κ1) is 35.1. The summed E-state index contributed by atoms with van der Waals surface area (Å²) in [4.78, 5) is 62.1. The molecule has 2 N–H and O–H groups in total. The lowest BCUT2D eigenvalue weighted by Crippen LogP contribution is -2.53. The monoisotopic (exact) mass is 762 g/mol. The number of nitrogens with zero attached hydrogens (tertiary/aromatic N) is 3. The van der Waals surface area contributed by atoms with Gasteiger partial charge in [-0.1, -0.05) is 58.6 Å². The van der Waals surface area contributed by atoms with E-state index in [-0.39, 0.29) is 53.5 Å². The van der Waals surface area contributed by atoms with E-state index in [1.54, 1.807) is 31.2 Å². The molecule has 3 aromatic rings. The number of nitrogens with one attached hydrogen (secondary N) is 1. The van der Waals surface area contributed by atoms with Crippen molar-refractivity contribution in [3.8, 4) is 11.5 Å². The van der Waals surface area contributed by atoms with Gasteiger partial charge in [0.1, 0.15) is 0 Å². The largest absolute Gasteiger partial charge is 0.503 e. The smallest absolute Gasteiger partial charge is 0.417 e. The molecule has 7 rings (SSSR count). The quantitative estimate of drug-likeness (QED) is 0.208. The van der Waals surface area contributed by atoms with Gasteiger partial charge in [-0.2, -0.15) is 18.2 Å². The van der Waals surface area contributed by atoms with Gasteiger partial charge < -0.3 is 9.84 Å². The number of allylic oxidation sites excluding steroid dienone is 2. The molecule has 2 aliphatic heterocycles. The van der Waals surface area contributed by atoms with Crippen LogP contribution in [0.25, 0.3) is 0 Å². The number of pyridine rings is 1. The highest BCUT2D eigenvalue weighted by Gasteiger charge is 2.70. The number of methoxy groups -OCH3 is 1. The van der Waals surface area contributed by atoms with Crippen LogP contribution in [0.1, 0.15) is 42.4 Å². The van der Waals surface area contributed by atoms with Crippen LogP contribution in [0.2, 0.25) is 15.1 Å². The SMILES string of the molecule is CCN1C(=O)C2CC=C3C(CC4C(=O)N(Nc5ncc(C(F)(F)F)cc5Cl)C(=O)C4(c4ccc(Cl)cc4)C3c3cc(Cl)c(O)c(OC)c3)C2C1=O. The van der Waals surface area contributed by atoms with E-state index in [4.69, 9.17) is 39.5 Å². The molecule has 4 aliphatic rings. The Morgan fingerprint density at radius 2 is 1.71 bits per heavy atom. The molecule has 16 heteroatoms. The number of phenols is 1. The summed E-state index contributed by atoms with van der Waals surface area (Å²) in [6, 6.07) is 9.90. The molecule has 266 valence electrons. The van der Waals surface area contributed by atoms with E-state index in [0.29, 0.717) is 39.0 Å². The van der Waals surface area contributed by atoms with Gasteiger partial charge in [-0.25, -0.2) is 4.98 Å². The van der Waals surface area contributed by atoms with E-state index in [1.807, 2.05) is 6.08 Å². The van der Waals surface area contributed by atoms with Crippen LogP contribution in [-0.4, -0.2) is 57.3 Å². The number of imide groups is 2. The number of ether oxygens (including phenoxy) is 1. The number of benzene rings is 2. The second-order valence-corrected chi connectivity index (χ2v) is 14.1. The second-order valence-electron chi connectivity index (χ2n) is 12.9. The Balaban J connectivity index is 1.47. The fraction of sp³-hybridized carbons (Fsp3) is 0.343. The molecule has 4 amide bonds. The van der Waals surface area contributed by atoms with Crippen molar-refractivity contribution in [3.63, 3.8) is 0 Å². The average molecular weight is 764 g/mol. The standard InChI is InChI=1S/C35H28Cl3F3N4O6/c1-3-44-30(47)20-9-8-19-21(26(20)32(44)49)13-22-31(48)45(43-29-24(38)12-17(14-42-29)35(39,40)41)33(50)34(22,16-4-6-18(36)7-5-16)27(19)15-10-23(37)28(46)25(11-15)51-2/h4-8,10-12,14,20-22,26-27,46H,3,9,13H2,1-2H3,(H,42,43). The molecular weight excluding hydrogens is 736 g/mol. The third kappa shape index (κ3) is 5.18. The minimum Gasteiger partial charge on any atom is -0.503 e. The van der Waals surface area contributed by atoms with E-state index in [0.717, 1.165) is 0 Å². The summed E-state index contributed by atoms with van der Waals surface area (Å²) in [5.41, 5.74) is 1.01. The molecule has 1 saturated carbocycles. The number of amides is 4. The van der Waals surface area contributed by atoms with Crippen LogP contribution in [0.4, 0.5) is 19.0 Å². The maximum absolute atomic E-state index is 15.2. The zero-order valence-electron chi connectivity index (χ0n) is 26.8. The fourth-order valence-electron chi connectivity index (χ4n) is 8.45. The van der Waals surface area contributed by atoms with Crippen LogP contribution in [0.5, 0.6) is 11.5 Å². The molecule has 2 aromatic carbocycles. The molecule has 6 unspecified atom stereocenters. The summed E-state index contributed by atoms with van der Waals surface area (Å²) >= 11 is 19.0. The highest BCUT2D eigenvalue weighted by molar-refractivity contribution is 6.33. The molecule has 0 spiro atoms. The number of halogens is 6. The molecule has 0 radical (unpaired) electrons. The van der Waals surface area contributed by atoms with E-state index in [2.05, 4.69) is 10.4 Å². The van der Waals surface area contributed by atoms with E-state index < -0.39 is 63.6 Å². The molecule has 2 aliphatic carbocycles. The Morgan fingerprint density at radius 3 is 2.33 bits per heavy atom. The first-order valence-corrected chi connectivity index (χ1v) is 17.0. The summed E-state index contributed by atoms with van der Waals surface area (Å²) in [6.07, 6.45) is -2.24. The molecular formula is C35H28Cl3F3N4O6. The highest BCUT2D eigenvalue weighted by atomic mass is 35.5. The summed E-state index contributed by atoms with van der Waals surface area (Å²) in [5, 5.41) is 11.1. The molecule has 51 heavy (non-hydrogen) atoms. The number of hydrogen-bond donors (Lipinski definition) is 2. The van der Waals surface area contributed by atoms with Crippen LogP contribution in [0.15, 0.2) is 60.3 Å². The zero-order chi connectivity index (χ0) is 36.7. The third-order valence-corrected chi connectivity index (χ3v) is 11.4. The number of hydrazine groups is 1. The van der Waals surface area contributed by atoms with Crippen LogP contribution in [-0.2, 0) is 30.8 Å². The van der Waals surface area contributed by atoms with Gasteiger partial charge in [-0.3, -0.25) is 29.5 Å². The van der Waals surface area contributed by atoms with Crippen molar-refractivity contribution in [2.75, 3.05) is 19.1 Å². The van der Waals surface area contributed by atoms with Crippen molar-refractivity contribution in [2.45, 2.75) is 37.3 Å². The topological polar surface area (TPSA) is 129 Å².